The molecular weight excluding hydrogens is 468 g/mol. The number of aromatic nitrogens is 4. The highest BCUT2D eigenvalue weighted by atomic mass is 79.9. The van der Waals surface area contributed by atoms with Gasteiger partial charge in [0.05, 0.1) is 23.5 Å². The van der Waals surface area contributed by atoms with Crippen LogP contribution in [0.15, 0.2) is 22.4 Å². The smallest absolute Gasteiger partial charge is 0.264 e. The molecule has 154 valence electrons. The number of thiophene rings is 1. The Labute approximate surface area is 177 Å². The zero-order valence-corrected chi connectivity index (χ0v) is 17.7. The van der Waals surface area contributed by atoms with Gasteiger partial charge in [-0.1, -0.05) is 0 Å². The van der Waals surface area contributed by atoms with Crippen molar-refractivity contribution < 1.29 is 13.6 Å². The SMILES string of the molecule is Cn1cc(NC(=O)c2csc3ncc(N[C@@H]4CCCC(F)(F)[C@@H]4N)nc23)c(Br)n1. The Morgan fingerprint density at radius 3 is 3.00 bits per heavy atom. The highest BCUT2D eigenvalue weighted by molar-refractivity contribution is 9.10. The number of halogens is 3. The van der Waals surface area contributed by atoms with E-state index in [9.17, 15) is 13.6 Å². The summed E-state index contributed by atoms with van der Waals surface area (Å²) in [5.41, 5.74) is 7.00. The molecule has 2 atom stereocenters. The van der Waals surface area contributed by atoms with E-state index in [1.165, 1.54) is 17.5 Å². The predicted molar refractivity (Wildman–Crippen MR) is 110 cm³/mol. The van der Waals surface area contributed by atoms with Gasteiger partial charge in [0.2, 0.25) is 0 Å². The number of hydrogen-bond donors (Lipinski definition) is 3. The van der Waals surface area contributed by atoms with Crippen LogP contribution in [0, 0.1) is 0 Å². The summed E-state index contributed by atoms with van der Waals surface area (Å²) in [5.74, 6) is -2.97. The molecule has 29 heavy (non-hydrogen) atoms. The number of carbonyl (C=O) groups is 1. The van der Waals surface area contributed by atoms with E-state index < -0.39 is 18.0 Å². The molecule has 1 aliphatic rings. The minimum atomic E-state index is -2.92. The fourth-order valence-corrected chi connectivity index (χ4v) is 4.61. The average molecular weight is 486 g/mol. The number of nitrogens with two attached hydrogens (primary N) is 1. The number of rotatable bonds is 4. The number of fused-ring (bicyclic) bond motifs is 1. The third kappa shape index (κ3) is 3.96. The van der Waals surface area contributed by atoms with E-state index in [4.69, 9.17) is 5.73 Å². The lowest BCUT2D eigenvalue weighted by Gasteiger charge is -2.36. The summed E-state index contributed by atoms with van der Waals surface area (Å²) in [5, 5.41) is 11.5. The second kappa shape index (κ2) is 7.58. The van der Waals surface area contributed by atoms with Gasteiger partial charge in [-0.3, -0.25) is 9.48 Å². The summed E-state index contributed by atoms with van der Waals surface area (Å²) in [6, 6.07) is -1.92. The van der Waals surface area contributed by atoms with Crippen molar-refractivity contribution in [1.82, 2.24) is 19.7 Å². The normalized spacial score (nSPS) is 21.3. The van der Waals surface area contributed by atoms with E-state index in [1.807, 2.05) is 0 Å². The number of alkyl halides is 2. The van der Waals surface area contributed by atoms with E-state index in [-0.39, 0.29) is 12.3 Å². The zero-order valence-electron chi connectivity index (χ0n) is 15.3. The van der Waals surface area contributed by atoms with Crippen LogP contribution in [-0.2, 0) is 7.05 Å². The van der Waals surface area contributed by atoms with Crippen molar-refractivity contribution in [1.29, 1.82) is 0 Å². The largest absolute Gasteiger partial charge is 0.364 e. The van der Waals surface area contributed by atoms with Crippen LogP contribution in [0.2, 0.25) is 0 Å². The van der Waals surface area contributed by atoms with Crippen LogP contribution in [0.25, 0.3) is 10.3 Å². The minimum Gasteiger partial charge on any atom is -0.364 e. The molecule has 1 fully saturated rings. The number of anilines is 2. The summed E-state index contributed by atoms with van der Waals surface area (Å²) >= 11 is 4.56. The quantitative estimate of drug-likeness (QED) is 0.522. The monoisotopic (exact) mass is 485 g/mol. The minimum absolute atomic E-state index is 0.212. The molecule has 3 aromatic rings. The first-order valence-corrected chi connectivity index (χ1v) is 10.6. The first-order valence-electron chi connectivity index (χ1n) is 8.89. The molecule has 4 rings (SSSR count). The average Bonchev–Trinajstić information content (AvgIpc) is 3.21. The van der Waals surface area contributed by atoms with Crippen LogP contribution in [-0.4, -0.2) is 43.7 Å². The van der Waals surface area contributed by atoms with E-state index >= 15 is 0 Å². The molecule has 0 aliphatic heterocycles. The number of nitrogens with zero attached hydrogens (tertiary/aromatic N) is 4. The van der Waals surface area contributed by atoms with Crippen LogP contribution in [0.5, 0.6) is 0 Å². The van der Waals surface area contributed by atoms with Crippen LogP contribution in [0.1, 0.15) is 29.6 Å². The lowest BCUT2D eigenvalue weighted by molar-refractivity contribution is -0.0554. The van der Waals surface area contributed by atoms with Crippen molar-refractivity contribution >= 4 is 55.0 Å². The van der Waals surface area contributed by atoms with E-state index in [1.54, 1.807) is 23.3 Å². The van der Waals surface area contributed by atoms with Gasteiger partial charge in [0.1, 0.15) is 16.2 Å². The van der Waals surface area contributed by atoms with E-state index in [2.05, 4.69) is 41.6 Å². The Balaban J connectivity index is 1.58. The van der Waals surface area contributed by atoms with Crippen LogP contribution >= 0.6 is 27.3 Å². The third-order valence-electron chi connectivity index (χ3n) is 4.84. The van der Waals surface area contributed by atoms with Gasteiger partial charge < -0.3 is 16.4 Å². The molecule has 3 heterocycles. The molecule has 3 aromatic heterocycles. The molecule has 4 N–H and O–H groups in total. The van der Waals surface area contributed by atoms with Gasteiger partial charge in [0.25, 0.3) is 11.8 Å². The van der Waals surface area contributed by atoms with Crippen molar-refractivity contribution in [2.45, 2.75) is 37.3 Å². The molecule has 8 nitrogen and oxygen atoms in total. The molecule has 1 amide bonds. The molecular formula is C17H18BrF2N7OS. The summed E-state index contributed by atoms with van der Waals surface area (Å²) in [6.45, 7) is 0. The topological polar surface area (TPSA) is 111 Å². The Bertz CT molecular complexity index is 1070. The summed E-state index contributed by atoms with van der Waals surface area (Å²) < 4.78 is 29.9. The first kappa shape index (κ1) is 20.1. The maximum absolute atomic E-state index is 13.9. The van der Waals surface area contributed by atoms with Gasteiger partial charge >= 0.3 is 0 Å². The predicted octanol–water partition coefficient (Wildman–Crippen LogP) is 3.37. The summed E-state index contributed by atoms with van der Waals surface area (Å²) in [7, 11) is 1.74. The molecule has 12 heteroatoms. The molecule has 1 aliphatic carbocycles. The van der Waals surface area contributed by atoms with Gasteiger partial charge in [-0.15, -0.1) is 11.3 Å². The number of nitrogens with one attached hydrogen (secondary N) is 2. The van der Waals surface area contributed by atoms with Crippen molar-refractivity contribution in [2.24, 2.45) is 12.8 Å². The standard InChI is InChI=1S/C17H18BrF2N7OS/c1-27-6-10(14(18)26-27)24-15(28)8-7-29-16-12(8)25-11(5-22-16)23-9-3-2-4-17(19,20)13(9)21/h5-7,9,13H,2-4,21H2,1H3,(H,23,25)(H,24,28)/t9-,13-/m1/s1. The first-order chi connectivity index (χ1) is 13.7. The Hall–Kier alpha value is -2.18. The molecule has 1 saturated carbocycles. The van der Waals surface area contributed by atoms with Gasteiger partial charge in [-0.2, -0.15) is 5.10 Å². The summed E-state index contributed by atoms with van der Waals surface area (Å²) in [4.78, 5) is 22.0. The van der Waals surface area contributed by atoms with Gasteiger partial charge in [0.15, 0.2) is 4.60 Å². The Morgan fingerprint density at radius 1 is 1.48 bits per heavy atom. The fourth-order valence-electron chi connectivity index (χ4n) is 3.33. The van der Waals surface area contributed by atoms with Gasteiger partial charge in [-0.05, 0) is 28.8 Å². The van der Waals surface area contributed by atoms with E-state index in [0.29, 0.717) is 44.9 Å². The maximum Gasteiger partial charge on any atom is 0.264 e. The third-order valence-corrected chi connectivity index (χ3v) is 6.30. The summed E-state index contributed by atoms with van der Waals surface area (Å²) in [6.07, 6.45) is 3.82. The Kier molecular flexibility index (Phi) is 5.25. The van der Waals surface area contributed by atoms with Crippen LogP contribution in [0.4, 0.5) is 20.3 Å². The maximum atomic E-state index is 13.9. The second-order valence-corrected chi connectivity index (χ2v) is 8.56. The molecule has 0 spiro atoms. The second-order valence-electron chi connectivity index (χ2n) is 6.95. The lowest BCUT2D eigenvalue weighted by Crippen LogP contribution is -2.55. The Morgan fingerprint density at radius 2 is 2.28 bits per heavy atom. The number of hydrogen-bond acceptors (Lipinski definition) is 7. The highest BCUT2D eigenvalue weighted by Crippen LogP contribution is 2.34. The van der Waals surface area contributed by atoms with Crippen molar-refractivity contribution in [3.05, 3.63) is 27.9 Å². The highest BCUT2D eigenvalue weighted by Gasteiger charge is 2.44. The zero-order chi connectivity index (χ0) is 20.8. The number of carbonyl (C=O) groups excluding carboxylic acids is 1. The van der Waals surface area contributed by atoms with Gasteiger partial charge in [-0.25, -0.2) is 18.7 Å². The molecule has 0 bridgehead atoms. The van der Waals surface area contributed by atoms with Gasteiger partial charge in [0, 0.05) is 31.1 Å². The van der Waals surface area contributed by atoms with Crippen molar-refractivity contribution in [3.8, 4) is 0 Å². The lowest BCUT2D eigenvalue weighted by atomic mass is 9.87. The number of amides is 1. The molecule has 0 saturated heterocycles. The number of aryl methyl sites for hydroxylation is 1. The van der Waals surface area contributed by atoms with Crippen LogP contribution in [0.3, 0.4) is 0 Å². The van der Waals surface area contributed by atoms with Crippen molar-refractivity contribution in [2.75, 3.05) is 10.6 Å². The molecule has 0 unspecified atom stereocenters. The molecule has 0 radical (unpaired) electrons. The fraction of sp³-hybridized carbons (Fsp3) is 0.412. The van der Waals surface area contributed by atoms with Crippen molar-refractivity contribution in [3.63, 3.8) is 0 Å². The van der Waals surface area contributed by atoms with Crippen LogP contribution < -0.4 is 16.4 Å². The molecule has 0 aromatic carbocycles. The van der Waals surface area contributed by atoms with E-state index in [0.717, 1.165) is 0 Å².